The van der Waals surface area contributed by atoms with Crippen LogP contribution in [-0.4, -0.2) is 86.6 Å². The van der Waals surface area contributed by atoms with Crippen molar-refractivity contribution in [3.8, 4) is 0 Å². The van der Waals surface area contributed by atoms with Crippen molar-refractivity contribution in [1.82, 2.24) is 9.62 Å². The summed E-state index contributed by atoms with van der Waals surface area (Å²) in [7, 11) is -3.85. The summed E-state index contributed by atoms with van der Waals surface area (Å²) in [5.74, 6) is -0.175. The van der Waals surface area contributed by atoms with Gasteiger partial charge in [0.1, 0.15) is 18.3 Å². The van der Waals surface area contributed by atoms with Crippen molar-refractivity contribution in [2.75, 3.05) is 37.6 Å². The number of anilines is 1. The molecule has 4 rings (SSSR count). The number of halogens is 1. The summed E-state index contributed by atoms with van der Waals surface area (Å²) in [4.78, 5) is 16.7. The number of aliphatic hydroxyl groups excluding tert-OH is 2. The average molecular weight is 510 g/mol. The van der Waals surface area contributed by atoms with Crippen molar-refractivity contribution in [2.45, 2.75) is 35.7 Å². The molecule has 2 saturated heterocycles. The molecule has 2 aromatic rings. The molecule has 0 aromatic heterocycles. The van der Waals surface area contributed by atoms with E-state index < -0.39 is 34.4 Å². The first kappa shape index (κ1) is 24.9. The smallest absolute Gasteiger partial charge is 0.240 e. The van der Waals surface area contributed by atoms with Crippen LogP contribution in [0.1, 0.15) is 6.42 Å². The number of para-hydroxylation sites is 1. The molecule has 9 nitrogen and oxygen atoms in total. The van der Waals surface area contributed by atoms with Crippen LogP contribution in [0, 0.1) is 0 Å². The Bertz CT molecular complexity index is 1080. The van der Waals surface area contributed by atoms with Crippen molar-refractivity contribution in [3.05, 3.63) is 59.6 Å². The lowest BCUT2D eigenvalue weighted by Gasteiger charge is -2.36. The monoisotopic (exact) mass is 509 g/mol. The number of amides is 1. The molecule has 2 heterocycles. The Hall–Kier alpha value is -2.21. The zero-order valence-electron chi connectivity index (χ0n) is 18.5. The third-order valence-electron chi connectivity index (χ3n) is 6.19. The minimum atomic E-state index is -3.85. The number of nitrogens with one attached hydrogen (secondary N) is 1. The van der Waals surface area contributed by atoms with Gasteiger partial charge in [-0.3, -0.25) is 4.79 Å². The van der Waals surface area contributed by atoms with Gasteiger partial charge < -0.3 is 24.7 Å². The van der Waals surface area contributed by atoms with Gasteiger partial charge in [-0.1, -0.05) is 29.8 Å². The lowest BCUT2D eigenvalue weighted by molar-refractivity contribution is -0.135. The fraction of sp³-hybridized carbons (Fsp3) is 0.435. The molecule has 0 bridgehead atoms. The summed E-state index contributed by atoms with van der Waals surface area (Å²) in [6.45, 7) is 2.24. The number of benzene rings is 2. The summed E-state index contributed by atoms with van der Waals surface area (Å²) in [6, 6.07) is 15.6. The predicted octanol–water partition coefficient (Wildman–Crippen LogP) is 0.846. The summed E-state index contributed by atoms with van der Waals surface area (Å²) < 4.78 is 33.0. The fourth-order valence-corrected chi connectivity index (χ4v) is 5.38. The number of hydrogen-bond acceptors (Lipinski definition) is 7. The molecular formula is C23H28ClN3O6S. The van der Waals surface area contributed by atoms with Crippen LogP contribution in [0.5, 0.6) is 0 Å². The molecule has 0 saturated carbocycles. The normalized spacial score (nSPS) is 25.5. The Morgan fingerprint density at radius 1 is 0.971 bits per heavy atom. The number of ether oxygens (including phenoxy) is 1. The Balaban J connectivity index is 1.28. The van der Waals surface area contributed by atoms with E-state index in [9.17, 15) is 23.4 Å². The van der Waals surface area contributed by atoms with Gasteiger partial charge >= 0.3 is 0 Å². The molecule has 4 atom stereocenters. The highest BCUT2D eigenvalue weighted by Gasteiger charge is 2.44. The van der Waals surface area contributed by atoms with Crippen molar-refractivity contribution in [1.29, 1.82) is 0 Å². The number of nitrogens with zero attached hydrogens (tertiary/aromatic N) is 2. The van der Waals surface area contributed by atoms with Crippen molar-refractivity contribution < 1.29 is 28.2 Å². The first-order valence-electron chi connectivity index (χ1n) is 11.1. The van der Waals surface area contributed by atoms with E-state index in [0.29, 0.717) is 31.2 Å². The van der Waals surface area contributed by atoms with Crippen LogP contribution in [0.3, 0.4) is 0 Å². The van der Waals surface area contributed by atoms with E-state index in [1.807, 2.05) is 30.3 Å². The van der Waals surface area contributed by atoms with E-state index in [4.69, 9.17) is 16.3 Å². The lowest BCUT2D eigenvalue weighted by Crippen LogP contribution is -2.49. The van der Waals surface area contributed by atoms with Crippen LogP contribution < -0.4 is 9.62 Å². The van der Waals surface area contributed by atoms with Gasteiger partial charge in [0, 0.05) is 43.4 Å². The third-order valence-corrected chi connectivity index (χ3v) is 7.88. The quantitative estimate of drug-likeness (QED) is 0.506. The molecule has 2 aromatic carbocycles. The molecule has 0 radical (unpaired) electrons. The topological polar surface area (TPSA) is 119 Å². The van der Waals surface area contributed by atoms with Gasteiger partial charge in [-0.05, 0) is 36.4 Å². The van der Waals surface area contributed by atoms with E-state index >= 15 is 0 Å². The van der Waals surface area contributed by atoms with E-state index in [0.717, 1.165) is 5.69 Å². The molecule has 2 fully saturated rings. The lowest BCUT2D eigenvalue weighted by atomic mass is 10.0. The van der Waals surface area contributed by atoms with Gasteiger partial charge in [-0.2, -0.15) is 0 Å². The van der Waals surface area contributed by atoms with E-state index in [1.165, 1.54) is 24.3 Å². The maximum atomic E-state index is 12.8. The standard InChI is InChI=1S/C23H28ClN3O6S/c24-16-6-8-18(9-7-16)34(31,32)25-15-20-23(30)22(29)19(33-20)14-21(28)27-12-10-26(11-13-27)17-4-2-1-3-5-17/h1-9,19-20,22-23,25,29-30H,10-15H2/t19-,20+,22?,23+/m0/s1. The highest BCUT2D eigenvalue weighted by molar-refractivity contribution is 7.89. The van der Waals surface area contributed by atoms with Crippen LogP contribution in [-0.2, 0) is 19.6 Å². The summed E-state index contributed by atoms with van der Waals surface area (Å²) in [5.41, 5.74) is 1.11. The van der Waals surface area contributed by atoms with Crippen LogP contribution in [0.25, 0.3) is 0 Å². The van der Waals surface area contributed by atoms with Crippen molar-refractivity contribution in [2.24, 2.45) is 0 Å². The average Bonchev–Trinajstić information content (AvgIpc) is 3.11. The summed E-state index contributed by atoms with van der Waals surface area (Å²) in [5, 5.41) is 21.2. The highest BCUT2D eigenvalue weighted by Crippen LogP contribution is 2.25. The van der Waals surface area contributed by atoms with E-state index in [1.54, 1.807) is 4.90 Å². The van der Waals surface area contributed by atoms with Crippen LogP contribution in [0.2, 0.25) is 5.02 Å². The summed E-state index contributed by atoms with van der Waals surface area (Å²) in [6.07, 6.45) is -4.60. The maximum Gasteiger partial charge on any atom is 0.240 e. The molecule has 0 spiro atoms. The second-order valence-corrected chi connectivity index (χ2v) is 10.6. The predicted molar refractivity (Wildman–Crippen MR) is 127 cm³/mol. The molecule has 2 aliphatic rings. The number of carbonyl (C=O) groups is 1. The first-order chi connectivity index (χ1) is 16.2. The second kappa shape index (κ2) is 10.6. The second-order valence-electron chi connectivity index (χ2n) is 8.41. The minimum absolute atomic E-state index is 0.0197. The van der Waals surface area contributed by atoms with Gasteiger partial charge in [-0.25, -0.2) is 13.1 Å². The van der Waals surface area contributed by atoms with E-state index in [-0.39, 0.29) is 23.8 Å². The van der Waals surface area contributed by atoms with Crippen molar-refractivity contribution in [3.63, 3.8) is 0 Å². The largest absolute Gasteiger partial charge is 0.388 e. The molecule has 3 N–H and O–H groups in total. The Morgan fingerprint density at radius 3 is 2.24 bits per heavy atom. The van der Waals surface area contributed by atoms with Gasteiger partial charge in [0.25, 0.3) is 0 Å². The van der Waals surface area contributed by atoms with Crippen LogP contribution in [0.15, 0.2) is 59.5 Å². The Labute approximate surface area is 203 Å². The fourth-order valence-electron chi connectivity index (χ4n) is 4.21. The molecule has 1 unspecified atom stereocenters. The molecule has 34 heavy (non-hydrogen) atoms. The van der Waals surface area contributed by atoms with Gasteiger partial charge in [0.15, 0.2) is 0 Å². The third kappa shape index (κ3) is 5.70. The first-order valence-corrected chi connectivity index (χ1v) is 13.0. The number of carbonyl (C=O) groups excluding carboxylic acids is 1. The Morgan fingerprint density at radius 2 is 1.59 bits per heavy atom. The summed E-state index contributed by atoms with van der Waals surface area (Å²) >= 11 is 5.80. The highest BCUT2D eigenvalue weighted by atomic mass is 35.5. The number of aliphatic hydroxyl groups is 2. The number of sulfonamides is 1. The number of rotatable bonds is 7. The van der Waals surface area contributed by atoms with Gasteiger partial charge in [0.05, 0.1) is 17.4 Å². The van der Waals surface area contributed by atoms with Crippen LogP contribution in [0.4, 0.5) is 5.69 Å². The van der Waals surface area contributed by atoms with E-state index in [2.05, 4.69) is 9.62 Å². The zero-order chi connectivity index (χ0) is 24.3. The van der Waals surface area contributed by atoms with Crippen LogP contribution >= 0.6 is 11.6 Å². The SMILES string of the molecule is O=C(C[C@@H]1O[C@H](CNS(=O)(=O)c2ccc(Cl)cc2)[C@@H](O)C1O)N1CCN(c2ccccc2)CC1. The molecule has 11 heteroatoms. The van der Waals surface area contributed by atoms with Gasteiger partial charge in [-0.15, -0.1) is 0 Å². The van der Waals surface area contributed by atoms with Crippen molar-refractivity contribution >= 4 is 33.2 Å². The molecule has 184 valence electrons. The number of piperazine rings is 1. The molecule has 1 amide bonds. The zero-order valence-corrected chi connectivity index (χ0v) is 20.0. The minimum Gasteiger partial charge on any atom is -0.388 e. The Kier molecular flexibility index (Phi) is 7.76. The molecular weight excluding hydrogens is 482 g/mol. The van der Waals surface area contributed by atoms with Gasteiger partial charge in [0.2, 0.25) is 15.9 Å². The number of hydrogen-bond donors (Lipinski definition) is 3. The molecule has 2 aliphatic heterocycles. The molecule has 0 aliphatic carbocycles. The maximum absolute atomic E-state index is 12.8.